The zero-order valence-corrected chi connectivity index (χ0v) is 16.7. The number of carbonyl (C=O) groups excluding carboxylic acids is 1. The monoisotopic (exact) mass is 396 g/mol. The number of piperidine rings is 1. The second-order valence-corrected chi connectivity index (χ2v) is 8.37. The Morgan fingerprint density at radius 2 is 2.04 bits per heavy atom. The molecule has 0 radical (unpaired) electrons. The number of nitrogens with zero attached hydrogens (tertiary/aromatic N) is 1. The molecule has 1 aromatic heterocycles. The Balaban J connectivity index is 0.00000288. The minimum atomic E-state index is -3.72. The van der Waals surface area contributed by atoms with Crippen molar-refractivity contribution in [2.75, 3.05) is 26.7 Å². The van der Waals surface area contributed by atoms with Crippen molar-refractivity contribution >= 4 is 39.7 Å². The van der Waals surface area contributed by atoms with Crippen LogP contribution in [0.1, 0.15) is 41.4 Å². The Morgan fingerprint density at radius 1 is 1.42 bits per heavy atom. The summed E-state index contributed by atoms with van der Waals surface area (Å²) in [5.41, 5.74) is 0.602. The van der Waals surface area contributed by atoms with E-state index in [4.69, 9.17) is 4.74 Å². The van der Waals surface area contributed by atoms with Crippen LogP contribution in [0.2, 0.25) is 0 Å². The summed E-state index contributed by atoms with van der Waals surface area (Å²) >= 11 is 1.13. The maximum atomic E-state index is 13.2. The molecule has 2 rings (SSSR count). The van der Waals surface area contributed by atoms with Crippen LogP contribution in [0.15, 0.2) is 10.3 Å². The Labute approximate surface area is 154 Å². The zero-order valence-electron chi connectivity index (χ0n) is 14.2. The Kier molecular flexibility index (Phi) is 8.14. The van der Waals surface area contributed by atoms with E-state index in [1.807, 2.05) is 6.92 Å². The molecule has 0 atom stereocenters. The molecule has 1 aliphatic rings. The minimum absolute atomic E-state index is 0. The highest BCUT2D eigenvalue weighted by atomic mass is 35.5. The van der Waals surface area contributed by atoms with Crippen LogP contribution in [0.4, 0.5) is 0 Å². The number of aryl methyl sites for hydroxylation is 1. The maximum absolute atomic E-state index is 13.2. The van der Waals surface area contributed by atoms with Crippen molar-refractivity contribution in [2.24, 2.45) is 0 Å². The molecular weight excluding hydrogens is 372 g/mol. The summed E-state index contributed by atoms with van der Waals surface area (Å²) in [7, 11) is -2.45. The number of hydrogen-bond donors (Lipinski definition) is 1. The predicted molar refractivity (Wildman–Crippen MR) is 97.7 cm³/mol. The van der Waals surface area contributed by atoms with Crippen molar-refractivity contribution in [3.63, 3.8) is 0 Å². The van der Waals surface area contributed by atoms with Crippen molar-refractivity contribution in [1.29, 1.82) is 0 Å². The van der Waals surface area contributed by atoms with Crippen molar-refractivity contribution in [3.05, 3.63) is 15.8 Å². The SMILES string of the molecule is CCCN(C1CCNCC1)S(=O)(=O)c1c(C)csc1C(=O)OC.Cl. The Hall–Kier alpha value is -0.670. The second-order valence-electron chi connectivity index (χ2n) is 5.67. The van der Waals surface area contributed by atoms with Crippen LogP contribution in [0, 0.1) is 6.92 Å². The molecule has 2 heterocycles. The molecule has 138 valence electrons. The smallest absolute Gasteiger partial charge is 0.349 e. The molecule has 0 unspecified atom stereocenters. The van der Waals surface area contributed by atoms with Gasteiger partial charge in [-0.15, -0.1) is 23.7 Å². The van der Waals surface area contributed by atoms with Gasteiger partial charge in [-0.1, -0.05) is 6.92 Å². The highest BCUT2D eigenvalue weighted by molar-refractivity contribution is 7.89. The van der Waals surface area contributed by atoms with Gasteiger partial charge in [0, 0.05) is 12.6 Å². The van der Waals surface area contributed by atoms with E-state index in [1.54, 1.807) is 16.6 Å². The standard InChI is InChI=1S/C15H24N2O4S2.ClH/c1-4-9-17(12-5-7-16-8-6-12)23(19,20)14-11(2)10-22-13(14)15(18)21-3;/h10,12,16H,4-9H2,1-3H3;1H. The van der Waals surface area contributed by atoms with Crippen LogP contribution < -0.4 is 5.32 Å². The fourth-order valence-corrected chi connectivity index (χ4v) is 6.36. The number of ether oxygens (including phenoxy) is 1. The van der Waals surface area contributed by atoms with Crippen LogP contribution >= 0.6 is 23.7 Å². The van der Waals surface area contributed by atoms with Crippen molar-refractivity contribution in [2.45, 2.75) is 44.0 Å². The molecule has 1 saturated heterocycles. The highest BCUT2D eigenvalue weighted by Crippen LogP contribution is 2.32. The van der Waals surface area contributed by atoms with E-state index in [2.05, 4.69) is 5.32 Å². The summed E-state index contributed by atoms with van der Waals surface area (Å²) in [6.45, 7) is 5.77. The van der Waals surface area contributed by atoms with Gasteiger partial charge in [-0.05, 0) is 50.2 Å². The van der Waals surface area contributed by atoms with Gasteiger partial charge >= 0.3 is 5.97 Å². The first-order chi connectivity index (χ1) is 10.9. The molecule has 9 heteroatoms. The average molecular weight is 397 g/mol. The molecule has 0 aliphatic carbocycles. The number of sulfonamides is 1. The average Bonchev–Trinajstić information content (AvgIpc) is 2.95. The number of esters is 1. The molecule has 1 aliphatic heterocycles. The lowest BCUT2D eigenvalue weighted by Crippen LogP contribution is -2.46. The molecule has 0 aromatic carbocycles. The number of hydrogen-bond acceptors (Lipinski definition) is 6. The number of thiophene rings is 1. The summed E-state index contributed by atoms with van der Waals surface area (Å²) < 4.78 is 32.8. The van der Waals surface area contributed by atoms with Crippen LogP contribution in [0.3, 0.4) is 0 Å². The lowest BCUT2D eigenvalue weighted by molar-refractivity contribution is 0.0602. The van der Waals surface area contributed by atoms with Gasteiger partial charge in [0.2, 0.25) is 10.0 Å². The van der Waals surface area contributed by atoms with E-state index < -0.39 is 16.0 Å². The fourth-order valence-electron chi connectivity index (χ4n) is 2.92. The Bertz CT molecular complexity index is 654. The molecule has 24 heavy (non-hydrogen) atoms. The van der Waals surface area contributed by atoms with E-state index in [0.717, 1.165) is 43.7 Å². The molecular formula is C15H25ClN2O4S2. The number of methoxy groups -OCH3 is 1. The second kappa shape index (κ2) is 9.15. The van der Waals surface area contributed by atoms with Crippen LogP contribution in [0.5, 0.6) is 0 Å². The quantitative estimate of drug-likeness (QED) is 0.747. The molecule has 1 N–H and O–H groups in total. The lowest BCUT2D eigenvalue weighted by Gasteiger charge is -2.33. The number of carbonyl (C=O) groups is 1. The summed E-state index contributed by atoms with van der Waals surface area (Å²) in [6, 6.07) is -0.0222. The summed E-state index contributed by atoms with van der Waals surface area (Å²) in [5.74, 6) is -0.594. The lowest BCUT2D eigenvalue weighted by atomic mass is 10.1. The minimum Gasteiger partial charge on any atom is -0.465 e. The molecule has 1 fully saturated rings. The van der Waals surface area contributed by atoms with Crippen LogP contribution in [-0.2, 0) is 14.8 Å². The maximum Gasteiger partial charge on any atom is 0.349 e. The molecule has 0 amide bonds. The molecule has 6 nitrogen and oxygen atoms in total. The first kappa shape index (κ1) is 21.4. The predicted octanol–water partition coefficient (Wildman–Crippen LogP) is 2.42. The third-order valence-electron chi connectivity index (χ3n) is 4.02. The van der Waals surface area contributed by atoms with Gasteiger partial charge in [-0.2, -0.15) is 4.31 Å². The van der Waals surface area contributed by atoms with Gasteiger partial charge in [-0.3, -0.25) is 0 Å². The summed E-state index contributed by atoms with van der Waals surface area (Å²) in [6.07, 6.45) is 2.31. The normalized spacial score (nSPS) is 16.0. The van der Waals surface area contributed by atoms with Gasteiger partial charge in [0.25, 0.3) is 0 Å². The van der Waals surface area contributed by atoms with Crippen LogP contribution in [0.25, 0.3) is 0 Å². The van der Waals surface area contributed by atoms with Crippen molar-refractivity contribution < 1.29 is 17.9 Å². The number of nitrogens with one attached hydrogen (secondary N) is 1. The summed E-state index contributed by atoms with van der Waals surface area (Å²) in [4.78, 5) is 12.2. The van der Waals surface area contributed by atoms with E-state index in [9.17, 15) is 13.2 Å². The molecule has 1 aromatic rings. The van der Waals surface area contributed by atoms with Gasteiger partial charge < -0.3 is 10.1 Å². The van der Waals surface area contributed by atoms with E-state index in [1.165, 1.54) is 7.11 Å². The summed E-state index contributed by atoms with van der Waals surface area (Å²) in [5, 5.41) is 4.95. The number of halogens is 1. The van der Waals surface area contributed by atoms with E-state index in [-0.39, 0.29) is 28.2 Å². The first-order valence-electron chi connectivity index (χ1n) is 7.82. The number of rotatable bonds is 6. The third kappa shape index (κ3) is 4.29. The van der Waals surface area contributed by atoms with E-state index >= 15 is 0 Å². The van der Waals surface area contributed by atoms with Gasteiger partial charge in [0.05, 0.1) is 7.11 Å². The largest absolute Gasteiger partial charge is 0.465 e. The van der Waals surface area contributed by atoms with Gasteiger partial charge in [0.15, 0.2) is 0 Å². The van der Waals surface area contributed by atoms with Gasteiger partial charge in [0.1, 0.15) is 9.77 Å². The van der Waals surface area contributed by atoms with Gasteiger partial charge in [-0.25, -0.2) is 13.2 Å². The molecule has 0 saturated carbocycles. The first-order valence-corrected chi connectivity index (χ1v) is 10.1. The topological polar surface area (TPSA) is 75.7 Å². The van der Waals surface area contributed by atoms with Crippen molar-refractivity contribution in [3.8, 4) is 0 Å². The third-order valence-corrected chi connectivity index (χ3v) is 7.36. The van der Waals surface area contributed by atoms with E-state index in [0.29, 0.717) is 12.1 Å². The highest BCUT2D eigenvalue weighted by Gasteiger charge is 2.36. The van der Waals surface area contributed by atoms with Crippen molar-refractivity contribution in [1.82, 2.24) is 9.62 Å². The molecule has 0 bridgehead atoms. The molecule has 0 spiro atoms. The van der Waals surface area contributed by atoms with Crippen LogP contribution in [-0.4, -0.2) is 51.5 Å². The zero-order chi connectivity index (χ0) is 17.0. The fraction of sp³-hybridized carbons (Fsp3) is 0.667. The Morgan fingerprint density at radius 3 is 2.58 bits per heavy atom.